The maximum atomic E-state index is 12.9. The number of nitro groups is 1. The first-order chi connectivity index (χ1) is 12.5. The van der Waals surface area contributed by atoms with Crippen LogP contribution < -0.4 is 10.5 Å². The van der Waals surface area contributed by atoms with Gasteiger partial charge in [-0.05, 0) is 19.1 Å². The van der Waals surface area contributed by atoms with Gasteiger partial charge in [0.2, 0.25) is 0 Å². The molecular weight excluding hydrogens is 356 g/mol. The van der Waals surface area contributed by atoms with Crippen molar-refractivity contribution in [1.82, 2.24) is 9.55 Å². The molecule has 0 bridgehead atoms. The van der Waals surface area contributed by atoms with Crippen LogP contribution in [0.3, 0.4) is 0 Å². The average molecular weight is 370 g/mol. The van der Waals surface area contributed by atoms with E-state index in [0.29, 0.717) is 10.8 Å². The van der Waals surface area contributed by atoms with E-state index < -0.39 is 16.4 Å². The molecule has 0 radical (unpaired) electrons. The third-order valence-corrected chi connectivity index (χ3v) is 4.49. The molecule has 0 saturated carbocycles. The third kappa shape index (κ3) is 3.67. The molecule has 0 aliphatic rings. The molecule has 3 rings (SSSR count). The van der Waals surface area contributed by atoms with Crippen molar-refractivity contribution in [2.24, 2.45) is 0 Å². The van der Waals surface area contributed by atoms with Gasteiger partial charge in [0.15, 0.2) is 5.13 Å². The summed E-state index contributed by atoms with van der Waals surface area (Å²) in [6.45, 7) is 1.48. The largest absolute Gasteiger partial charge is 0.299 e. The third-order valence-electron chi connectivity index (χ3n) is 3.55. The van der Waals surface area contributed by atoms with Gasteiger partial charge in [-0.15, -0.1) is 11.3 Å². The van der Waals surface area contributed by atoms with E-state index in [-0.39, 0.29) is 12.2 Å². The second-order valence-corrected chi connectivity index (χ2v) is 6.28. The van der Waals surface area contributed by atoms with E-state index in [1.165, 1.54) is 16.2 Å². The van der Waals surface area contributed by atoms with E-state index in [9.17, 15) is 19.7 Å². The summed E-state index contributed by atoms with van der Waals surface area (Å²) in [6.07, 6.45) is 1.07. The number of hydrogen-bond acceptors (Lipinski definition) is 6. The first-order valence-electron chi connectivity index (χ1n) is 7.61. The summed E-state index contributed by atoms with van der Waals surface area (Å²) in [7, 11) is 0. The summed E-state index contributed by atoms with van der Waals surface area (Å²) in [5, 5.41) is 13.2. The maximum absolute atomic E-state index is 12.9. The van der Waals surface area contributed by atoms with E-state index in [2.05, 4.69) is 4.98 Å². The first-order valence-corrected chi connectivity index (χ1v) is 8.48. The number of hydrogen-bond donors (Lipinski definition) is 0. The molecular formula is C17H14N4O4S. The molecule has 0 atom stereocenters. The SMILES string of the molecule is Cc1csc(N(C(=O)Cn2cc([N+](=O)[O-])ccc2=O)c2ccccc2)n1. The van der Waals surface area contributed by atoms with Crippen LogP contribution in [0.2, 0.25) is 0 Å². The van der Waals surface area contributed by atoms with Crippen molar-refractivity contribution < 1.29 is 9.72 Å². The van der Waals surface area contributed by atoms with Gasteiger partial charge in [0.1, 0.15) is 6.54 Å². The average Bonchev–Trinajstić information content (AvgIpc) is 3.03. The lowest BCUT2D eigenvalue weighted by Crippen LogP contribution is -2.33. The van der Waals surface area contributed by atoms with Crippen molar-refractivity contribution in [3.8, 4) is 0 Å². The zero-order valence-electron chi connectivity index (χ0n) is 13.7. The Morgan fingerprint density at radius 3 is 2.62 bits per heavy atom. The van der Waals surface area contributed by atoms with Crippen LogP contribution in [0.15, 0.2) is 58.8 Å². The lowest BCUT2D eigenvalue weighted by Gasteiger charge is -2.20. The maximum Gasteiger partial charge on any atom is 0.285 e. The standard InChI is InChI=1S/C17H14N4O4S/c1-12-11-26-17(18-12)20(13-5-3-2-4-6-13)16(23)10-19-9-14(21(24)25)7-8-15(19)22/h2-9,11H,10H2,1H3. The lowest BCUT2D eigenvalue weighted by atomic mass is 10.3. The Hall–Kier alpha value is -3.33. The van der Waals surface area contributed by atoms with E-state index >= 15 is 0 Å². The first kappa shape index (κ1) is 17.5. The fourth-order valence-electron chi connectivity index (χ4n) is 2.35. The number of pyridine rings is 1. The highest BCUT2D eigenvalue weighted by atomic mass is 32.1. The minimum Gasteiger partial charge on any atom is -0.299 e. The van der Waals surface area contributed by atoms with Gasteiger partial charge in [-0.2, -0.15) is 0 Å². The Labute approximate surface area is 152 Å². The number of carbonyl (C=O) groups excluding carboxylic acids is 1. The summed E-state index contributed by atoms with van der Waals surface area (Å²) < 4.78 is 1.02. The number of thiazole rings is 1. The fraction of sp³-hybridized carbons (Fsp3) is 0.118. The van der Waals surface area contributed by atoms with Gasteiger partial charge in [-0.1, -0.05) is 18.2 Å². The monoisotopic (exact) mass is 370 g/mol. The molecule has 0 aliphatic heterocycles. The normalized spacial score (nSPS) is 10.5. The molecule has 2 aromatic heterocycles. The second kappa shape index (κ2) is 7.28. The molecule has 26 heavy (non-hydrogen) atoms. The van der Waals surface area contributed by atoms with Gasteiger partial charge in [-0.3, -0.25) is 29.2 Å². The minimum atomic E-state index is -0.612. The molecule has 1 amide bonds. The Morgan fingerprint density at radius 2 is 2.00 bits per heavy atom. The fourth-order valence-corrected chi connectivity index (χ4v) is 3.19. The number of nitrogens with zero attached hydrogens (tertiary/aromatic N) is 4. The Kier molecular flexibility index (Phi) is 4.90. The predicted octanol–water partition coefficient (Wildman–Crippen LogP) is 2.89. The predicted molar refractivity (Wildman–Crippen MR) is 97.8 cm³/mol. The van der Waals surface area contributed by atoms with Crippen LogP contribution in [0.4, 0.5) is 16.5 Å². The summed E-state index contributed by atoms with van der Waals surface area (Å²) in [5.41, 5.74) is 0.623. The zero-order valence-corrected chi connectivity index (χ0v) is 14.5. The molecule has 8 nitrogen and oxygen atoms in total. The molecule has 1 aromatic carbocycles. The van der Waals surface area contributed by atoms with Crippen molar-refractivity contribution in [2.75, 3.05) is 4.90 Å². The summed E-state index contributed by atoms with van der Waals surface area (Å²) in [5.74, 6) is -0.423. The number of amides is 1. The molecule has 0 spiro atoms. The van der Waals surface area contributed by atoms with Crippen LogP contribution in [-0.4, -0.2) is 20.4 Å². The van der Waals surface area contributed by atoms with Crippen LogP contribution in [0.25, 0.3) is 0 Å². The topological polar surface area (TPSA) is 98.3 Å². The molecule has 0 unspecified atom stereocenters. The number of benzene rings is 1. The minimum absolute atomic E-state index is 0.256. The quantitative estimate of drug-likeness (QED) is 0.508. The summed E-state index contributed by atoms with van der Waals surface area (Å²) in [4.78, 5) is 41.0. The molecule has 2 heterocycles. The Morgan fingerprint density at radius 1 is 1.27 bits per heavy atom. The van der Waals surface area contributed by atoms with E-state index in [4.69, 9.17) is 0 Å². The van der Waals surface area contributed by atoms with Crippen molar-refractivity contribution in [2.45, 2.75) is 13.5 Å². The van der Waals surface area contributed by atoms with Crippen LogP contribution in [0.1, 0.15) is 5.69 Å². The number of aromatic nitrogens is 2. The zero-order chi connectivity index (χ0) is 18.7. The molecule has 0 saturated heterocycles. The van der Waals surface area contributed by atoms with Crippen LogP contribution in [0, 0.1) is 17.0 Å². The van der Waals surface area contributed by atoms with E-state index in [0.717, 1.165) is 28.6 Å². The van der Waals surface area contributed by atoms with Crippen LogP contribution in [0.5, 0.6) is 0 Å². The Bertz CT molecular complexity index is 1010. The highest BCUT2D eigenvalue weighted by Crippen LogP contribution is 2.28. The van der Waals surface area contributed by atoms with Gasteiger partial charge < -0.3 is 0 Å². The molecule has 0 fully saturated rings. The molecule has 9 heteroatoms. The van der Waals surface area contributed by atoms with Crippen molar-refractivity contribution >= 4 is 33.8 Å². The van der Waals surface area contributed by atoms with Gasteiger partial charge in [0, 0.05) is 17.5 Å². The second-order valence-electron chi connectivity index (χ2n) is 5.45. The van der Waals surface area contributed by atoms with Crippen molar-refractivity contribution in [3.63, 3.8) is 0 Å². The van der Waals surface area contributed by atoms with Crippen molar-refractivity contribution in [1.29, 1.82) is 0 Å². The van der Waals surface area contributed by atoms with Gasteiger partial charge in [0.05, 0.1) is 22.5 Å². The number of aryl methyl sites for hydroxylation is 1. The molecule has 0 aliphatic carbocycles. The lowest BCUT2D eigenvalue weighted by molar-refractivity contribution is -0.385. The van der Waals surface area contributed by atoms with Crippen molar-refractivity contribution in [3.05, 3.63) is 80.2 Å². The molecule has 132 valence electrons. The van der Waals surface area contributed by atoms with Crippen LogP contribution in [-0.2, 0) is 11.3 Å². The smallest absolute Gasteiger partial charge is 0.285 e. The van der Waals surface area contributed by atoms with E-state index in [1.807, 2.05) is 18.4 Å². The molecule has 3 aromatic rings. The highest BCUT2D eigenvalue weighted by molar-refractivity contribution is 7.14. The summed E-state index contributed by atoms with van der Waals surface area (Å²) in [6, 6.07) is 11.1. The van der Waals surface area contributed by atoms with Gasteiger partial charge in [-0.25, -0.2) is 4.98 Å². The van der Waals surface area contributed by atoms with Crippen LogP contribution >= 0.6 is 11.3 Å². The Balaban J connectivity index is 1.98. The van der Waals surface area contributed by atoms with E-state index in [1.54, 1.807) is 24.3 Å². The number of para-hydroxylation sites is 1. The molecule has 0 N–H and O–H groups in total. The summed E-state index contributed by atoms with van der Waals surface area (Å²) >= 11 is 1.30. The van der Waals surface area contributed by atoms with Gasteiger partial charge >= 0.3 is 0 Å². The highest BCUT2D eigenvalue weighted by Gasteiger charge is 2.22. The van der Waals surface area contributed by atoms with Gasteiger partial charge in [0.25, 0.3) is 17.2 Å². The number of anilines is 2. The number of rotatable bonds is 5. The number of carbonyl (C=O) groups is 1.